The number of hydrogen-bond acceptors (Lipinski definition) is 7. The minimum absolute atomic E-state index is 0. The lowest BCUT2D eigenvalue weighted by atomic mass is 10.1. The third kappa shape index (κ3) is 7.04. The van der Waals surface area contributed by atoms with E-state index in [1.807, 2.05) is 67.9 Å². The average Bonchev–Trinajstić information content (AvgIpc) is 2.93. The molecule has 1 unspecified atom stereocenters. The number of nitrogens with one attached hydrogen (secondary N) is 1. The fraction of sp³-hybridized carbons (Fsp3) is 0.310. The summed E-state index contributed by atoms with van der Waals surface area (Å²) >= 11 is 0. The Morgan fingerprint density at radius 1 is 1.08 bits per heavy atom. The molecule has 5 rings (SSSR count). The van der Waals surface area contributed by atoms with Crippen molar-refractivity contribution in [2.24, 2.45) is 9.98 Å². The van der Waals surface area contributed by atoms with Crippen molar-refractivity contribution in [3.63, 3.8) is 0 Å². The lowest BCUT2D eigenvalue weighted by Gasteiger charge is -2.32. The maximum atomic E-state index is 13.1. The maximum absolute atomic E-state index is 13.1. The van der Waals surface area contributed by atoms with E-state index in [1.54, 1.807) is 6.20 Å². The van der Waals surface area contributed by atoms with Crippen LogP contribution < -0.4 is 10.1 Å². The van der Waals surface area contributed by atoms with E-state index in [9.17, 15) is 4.79 Å². The van der Waals surface area contributed by atoms with Crippen molar-refractivity contribution < 1.29 is 9.53 Å². The first-order chi connectivity index (χ1) is 18.0. The second-order valence-electron chi connectivity index (χ2n) is 9.58. The first-order valence-corrected chi connectivity index (χ1v) is 12.6. The SMILES string of the molecule is Cc1ccc(NC(=O)c2cccc(CN3CCN(C)CC3)c2)cc1OC1=NC(c2cccnc2)CC=N1.Cl. The van der Waals surface area contributed by atoms with Gasteiger partial charge in [-0.3, -0.25) is 14.7 Å². The highest BCUT2D eigenvalue weighted by molar-refractivity contribution is 6.04. The first kappa shape index (κ1) is 27.4. The Bertz CT molecular complexity index is 1310. The van der Waals surface area contributed by atoms with Gasteiger partial charge in [0.25, 0.3) is 5.91 Å². The summed E-state index contributed by atoms with van der Waals surface area (Å²) in [6.07, 6.45) is 6.07. The van der Waals surface area contributed by atoms with Crippen LogP contribution in [0.3, 0.4) is 0 Å². The number of nitrogens with zero attached hydrogens (tertiary/aromatic N) is 5. The highest BCUT2D eigenvalue weighted by Gasteiger charge is 2.18. The van der Waals surface area contributed by atoms with Gasteiger partial charge in [0.15, 0.2) is 0 Å². The number of hydrogen-bond donors (Lipinski definition) is 1. The van der Waals surface area contributed by atoms with Gasteiger partial charge in [-0.2, -0.15) is 0 Å². The Labute approximate surface area is 229 Å². The van der Waals surface area contributed by atoms with Crippen LogP contribution in [0.1, 0.15) is 39.5 Å². The molecule has 38 heavy (non-hydrogen) atoms. The van der Waals surface area contributed by atoms with E-state index in [1.165, 1.54) is 0 Å². The molecule has 198 valence electrons. The minimum Gasteiger partial charge on any atom is -0.424 e. The van der Waals surface area contributed by atoms with Crippen LogP contribution in [-0.2, 0) is 6.54 Å². The molecule has 2 aliphatic rings. The third-order valence-corrected chi connectivity index (χ3v) is 6.70. The highest BCUT2D eigenvalue weighted by atomic mass is 35.5. The van der Waals surface area contributed by atoms with Crippen LogP contribution in [-0.4, -0.2) is 66.2 Å². The number of rotatable bonds is 6. The normalized spacial score (nSPS) is 17.8. The molecule has 1 fully saturated rings. The second-order valence-corrected chi connectivity index (χ2v) is 9.58. The minimum atomic E-state index is -0.153. The number of amidine groups is 1. The van der Waals surface area contributed by atoms with Crippen LogP contribution in [0.15, 0.2) is 77.0 Å². The molecule has 0 bridgehead atoms. The number of aliphatic imine (C=N–C) groups is 2. The number of likely N-dealkylation sites (N-methyl/N-ethyl adjacent to an activating group) is 1. The van der Waals surface area contributed by atoms with Crippen molar-refractivity contribution >= 4 is 36.2 Å². The van der Waals surface area contributed by atoms with Gasteiger partial charge in [0, 0.05) is 75.1 Å². The van der Waals surface area contributed by atoms with Gasteiger partial charge in [-0.05, 0) is 54.9 Å². The molecule has 0 aliphatic carbocycles. The number of benzene rings is 2. The van der Waals surface area contributed by atoms with Gasteiger partial charge in [-0.15, -0.1) is 12.4 Å². The summed E-state index contributed by atoms with van der Waals surface area (Å²) in [6.45, 7) is 7.02. The molecule has 1 aromatic heterocycles. The summed E-state index contributed by atoms with van der Waals surface area (Å²) in [5.41, 5.74) is 4.37. The monoisotopic (exact) mass is 532 g/mol. The molecule has 0 radical (unpaired) electrons. The molecule has 3 heterocycles. The van der Waals surface area contributed by atoms with E-state index in [2.05, 4.69) is 43.2 Å². The van der Waals surface area contributed by atoms with Gasteiger partial charge >= 0.3 is 6.02 Å². The smallest absolute Gasteiger partial charge is 0.317 e. The van der Waals surface area contributed by atoms with Crippen molar-refractivity contribution in [2.45, 2.75) is 25.9 Å². The van der Waals surface area contributed by atoms with Gasteiger partial charge in [0.2, 0.25) is 0 Å². The summed E-state index contributed by atoms with van der Waals surface area (Å²) < 4.78 is 6.05. The predicted octanol–water partition coefficient (Wildman–Crippen LogP) is 4.76. The molecule has 2 aromatic carbocycles. The summed E-state index contributed by atoms with van der Waals surface area (Å²) in [5, 5.41) is 3.01. The van der Waals surface area contributed by atoms with Gasteiger partial charge in [0.1, 0.15) is 5.75 Å². The van der Waals surface area contributed by atoms with Crippen LogP contribution >= 0.6 is 12.4 Å². The molecule has 9 heteroatoms. The molecule has 3 aromatic rings. The largest absolute Gasteiger partial charge is 0.424 e. The molecule has 8 nitrogen and oxygen atoms in total. The molecular formula is C29H33ClN6O2. The average molecular weight is 533 g/mol. The molecule has 1 N–H and O–H groups in total. The number of halogens is 1. The van der Waals surface area contributed by atoms with E-state index in [0.717, 1.165) is 49.4 Å². The molecule has 1 atom stereocenters. The molecule has 1 amide bonds. The Hall–Kier alpha value is -3.59. The van der Waals surface area contributed by atoms with Gasteiger partial charge in [0.05, 0.1) is 6.04 Å². The zero-order valence-electron chi connectivity index (χ0n) is 21.7. The number of amides is 1. The standard InChI is InChI=1S/C29H32N6O2.ClH/c1-21-8-9-25(18-27(21)37-29-31-12-10-26(33-29)24-7-4-11-30-19-24)32-28(36)23-6-3-5-22(17-23)20-35-15-13-34(2)14-16-35;/h3-9,11-12,17-19,26H,10,13-16,20H2,1-2H3,(H,32,36);1H. The Morgan fingerprint density at radius 2 is 1.92 bits per heavy atom. The number of pyridine rings is 1. The van der Waals surface area contributed by atoms with Crippen LogP contribution in [0.5, 0.6) is 5.75 Å². The van der Waals surface area contributed by atoms with Crippen LogP contribution in [0.4, 0.5) is 5.69 Å². The van der Waals surface area contributed by atoms with E-state index in [-0.39, 0.29) is 24.4 Å². The number of piperazine rings is 1. The number of anilines is 1. The van der Waals surface area contributed by atoms with E-state index in [4.69, 9.17) is 4.74 Å². The van der Waals surface area contributed by atoms with Crippen LogP contribution in [0, 0.1) is 6.92 Å². The number of ether oxygens (including phenoxy) is 1. The fourth-order valence-corrected chi connectivity index (χ4v) is 4.45. The summed E-state index contributed by atoms with van der Waals surface area (Å²) in [5.74, 6) is 0.448. The van der Waals surface area contributed by atoms with Crippen molar-refractivity contribution in [2.75, 3.05) is 38.5 Å². The number of aryl methyl sites for hydroxylation is 1. The quantitative estimate of drug-likeness (QED) is 0.495. The Morgan fingerprint density at radius 3 is 2.71 bits per heavy atom. The number of carbonyl (C=O) groups is 1. The zero-order valence-corrected chi connectivity index (χ0v) is 22.5. The van der Waals surface area contributed by atoms with Crippen molar-refractivity contribution in [3.8, 4) is 5.75 Å². The molecule has 2 aliphatic heterocycles. The lowest BCUT2D eigenvalue weighted by molar-refractivity contribution is 0.102. The van der Waals surface area contributed by atoms with E-state index >= 15 is 0 Å². The summed E-state index contributed by atoms with van der Waals surface area (Å²) in [6, 6.07) is 17.6. The topological polar surface area (TPSA) is 82.4 Å². The van der Waals surface area contributed by atoms with Gasteiger partial charge in [-0.25, -0.2) is 9.98 Å². The molecule has 0 saturated carbocycles. The summed E-state index contributed by atoms with van der Waals surface area (Å²) in [7, 11) is 2.15. The van der Waals surface area contributed by atoms with E-state index in [0.29, 0.717) is 29.4 Å². The van der Waals surface area contributed by atoms with E-state index < -0.39 is 0 Å². The van der Waals surface area contributed by atoms with Crippen LogP contribution in [0.2, 0.25) is 0 Å². The molecular weight excluding hydrogens is 500 g/mol. The zero-order chi connectivity index (χ0) is 25.6. The number of carbonyl (C=O) groups excluding carboxylic acids is 1. The summed E-state index contributed by atoms with van der Waals surface area (Å²) in [4.78, 5) is 31.0. The van der Waals surface area contributed by atoms with Gasteiger partial charge in [-0.1, -0.05) is 24.3 Å². The third-order valence-electron chi connectivity index (χ3n) is 6.70. The Kier molecular flexibility index (Phi) is 9.23. The Balaban J connectivity index is 0.00000336. The van der Waals surface area contributed by atoms with Crippen molar-refractivity contribution in [1.82, 2.24) is 14.8 Å². The van der Waals surface area contributed by atoms with Gasteiger partial charge < -0.3 is 15.0 Å². The highest BCUT2D eigenvalue weighted by Crippen LogP contribution is 2.27. The number of aromatic nitrogens is 1. The predicted molar refractivity (Wildman–Crippen MR) is 154 cm³/mol. The lowest BCUT2D eigenvalue weighted by Crippen LogP contribution is -2.43. The molecule has 1 saturated heterocycles. The van der Waals surface area contributed by atoms with Crippen molar-refractivity contribution in [3.05, 3.63) is 89.2 Å². The maximum Gasteiger partial charge on any atom is 0.317 e. The van der Waals surface area contributed by atoms with Crippen LogP contribution in [0.25, 0.3) is 0 Å². The second kappa shape index (κ2) is 12.8. The van der Waals surface area contributed by atoms with Crippen molar-refractivity contribution in [1.29, 1.82) is 0 Å². The molecule has 0 spiro atoms. The fourth-order valence-electron chi connectivity index (χ4n) is 4.45. The first-order valence-electron chi connectivity index (χ1n) is 12.6.